The van der Waals surface area contributed by atoms with Gasteiger partial charge < -0.3 is 10.1 Å². The Hall–Kier alpha value is -2.37. The maximum absolute atomic E-state index is 11.5. The van der Waals surface area contributed by atoms with Crippen LogP contribution in [0.25, 0.3) is 5.69 Å². The molecule has 22 heavy (non-hydrogen) atoms. The van der Waals surface area contributed by atoms with Crippen molar-refractivity contribution in [3.05, 3.63) is 42.2 Å². The number of carbonyl (C=O) groups is 1. The van der Waals surface area contributed by atoms with E-state index in [0.717, 1.165) is 18.5 Å². The summed E-state index contributed by atoms with van der Waals surface area (Å²) < 4.78 is 6.77. The maximum atomic E-state index is 11.5. The fourth-order valence-corrected chi connectivity index (χ4v) is 2.00. The molecule has 1 aromatic carbocycles. The van der Waals surface area contributed by atoms with Crippen molar-refractivity contribution >= 4 is 6.09 Å². The Bertz CT molecular complexity index is 569. The lowest BCUT2D eigenvalue weighted by Crippen LogP contribution is -2.25. The van der Waals surface area contributed by atoms with Crippen LogP contribution in [0, 0.1) is 0 Å². The molecule has 6 heteroatoms. The number of unbranched alkanes of at least 4 members (excludes halogenated alkanes) is 3. The van der Waals surface area contributed by atoms with Crippen molar-refractivity contribution in [2.75, 3.05) is 6.54 Å². The SMILES string of the molecule is CCCCCCNC(=O)OCc1cn(-c2ccccc2)nn1. The molecule has 1 aromatic heterocycles. The number of ether oxygens (including phenoxy) is 1. The summed E-state index contributed by atoms with van der Waals surface area (Å²) in [5.74, 6) is 0. The highest BCUT2D eigenvalue weighted by molar-refractivity contribution is 5.66. The molecule has 0 saturated carbocycles. The van der Waals surface area contributed by atoms with Crippen molar-refractivity contribution in [2.24, 2.45) is 0 Å². The van der Waals surface area contributed by atoms with Gasteiger partial charge in [0.05, 0.1) is 11.9 Å². The van der Waals surface area contributed by atoms with E-state index < -0.39 is 6.09 Å². The van der Waals surface area contributed by atoms with Gasteiger partial charge in [-0.15, -0.1) is 5.10 Å². The van der Waals surface area contributed by atoms with Gasteiger partial charge in [-0.3, -0.25) is 0 Å². The van der Waals surface area contributed by atoms with Crippen LogP contribution in [0.3, 0.4) is 0 Å². The average molecular weight is 302 g/mol. The first-order valence-electron chi connectivity index (χ1n) is 7.67. The highest BCUT2D eigenvalue weighted by Gasteiger charge is 2.06. The molecule has 0 aliphatic rings. The van der Waals surface area contributed by atoms with Crippen LogP contribution in [-0.2, 0) is 11.3 Å². The number of rotatable bonds is 8. The largest absolute Gasteiger partial charge is 0.443 e. The van der Waals surface area contributed by atoms with Gasteiger partial charge in [-0.2, -0.15) is 0 Å². The fraction of sp³-hybridized carbons (Fsp3) is 0.438. The van der Waals surface area contributed by atoms with Crippen LogP contribution < -0.4 is 5.32 Å². The maximum Gasteiger partial charge on any atom is 0.407 e. The summed E-state index contributed by atoms with van der Waals surface area (Å²) in [5.41, 5.74) is 1.53. The van der Waals surface area contributed by atoms with Crippen molar-refractivity contribution < 1.29 is 9.53 Å². The predicted octanol–water partition coefficient (Wildman–Crippen LogP) is 3.07. The Balaban J connectivity index is 1.71. The second kappa shape index (κ2) is 8.81. The van der Waals surface area contributed by atoms with Gasteiger partial charge in [-0.05, 0) is 18.6 Å². The topological polar surface area (TPSA) is 69.0 Å². The molecule has 2 rings (SSSR count). The molecule has 0 bridgehead atoms. The first-order valence-corrected chi connectivity index (χ1v) is 7.67. The fourth-order valence-electron chi connectivity index (χ4n) is 2.00. The first-order chi connectivity index (χ1) is 10.8. The summed E-state index contributed by atoms with van der Waals surface area (Å²) in [6.07, 6.45) is 5.82. The molecule has 0 unspecified atom stereocenters. The zero-order valence-corrected chi connectivity index (χ0v) is 12.9. The lowest BCUT2D eigenvalue weighted by atomic mass is 10.2. The zero-order valence-electron chi connectivity index (χ0n) is 12.9. The van der Waals surface area contributed by atoms with E-state index in [1.54, 1.807) is 10.9 Å². The van der Waals surface area contributed by atoms with Crippen molar-refractivity contribution in [1.29, 1.82) is 0 Å². The highest BCUT2D eigenvalue weighted by atomic mass is 16.5. The van der Waals surface area contributed by atoms with Crippen LogP contribution in [0.2, 0.25) is 0 Å². The molecule has 1 amide bonds. The number of para-hydroxylation sites is 1. The molecule has 2 aromatic rings. The van der Waals surface area contributed by atoms with Gasteiger partial charge in [0.2, 0.25) is 0 Å². The van der Waals surface area contributed by atoms with E-state index >= 15 is 0 Å². The van der Waals surface area contributed by atoms with E-state index in [1.165, 1.54) is 12.8 Å². The molecular weight excluding hydrogens is 280 g/mol. The van der Waals surface area contributed by atoms with Crippen molar-refractivity contribution in [2.45, 2.75) is 39.2 Å². The Kier molecular flexibility index (Phi) is 6.41. The second-order valence-corrected chi connectivity index (χ2v) is 5.05. The number of carbonyl (C=O) groups excluding carboxylic acids is 1. The second-order valence-electron chi connectivity index (χ2n) is 5.05. The third kappa shape index (κ3) is 5.20. The minimum atomic E-state index is -0.411. The minimum absolute atomic E-state index is 0.119. The number of aromatic nitrogens is 3. The number of hydrogen-bond donors (Lipinski definition) is 1. The summed E-state index contributed by atoms with van der Waals surface area (Å²) in [4.78, 5) is 11.5. The zero-order chi connectivity index (χ0) is 15.6. The van der Waals surface area contributed by atoms with Gasteiger partial charge in [0, 0.05) is 6.54 Å². The molecule has 0 spiro atoms. The third-order valence-corrected chi connectivity index (χ3v) is 3.21. The van der Waals surface area contributed by atoms with Gasteiger partial charge in [-0.1, -0.05) is 49.6 Å². The lowest BCUT2D eigenvalue weighted by molar-refractivity contribution is 0.138. The normalized spacial score (nSPS) is 10.4. The summed E-state index contributed by atoms with van der Waals surface area (Å²) in [5, 5.41) is 10.7. The van der Waals surface area contributed by atoms with E-state index in [4.69, 9.17) is 4.74 Å². The molecule has 1 N–H and O–H groups in total. The van der Waals surface area contributed by atoms with Gasteiger partial charge in [0.1, 0.15) is 12.3 Å². The van der Waals surface area contributed by atoms with E-state index in [2.05, 4.69) is 22.6 Å². The number of nitrogens with one attached hydrogen (secondary N) is 1. The van der Waals surface area contributed by atoms with Crippen molar-refractivity contribution in [3.63, 3.8) is 0 Å². The van der Waals surface area contributed by atoms with Crippen LogP contribution in [0.15, 0.2) is 36.5 Å². The van der Waals surface area contributed by atoms with E-state index in [1.807, 2.05) is 30.3 Å². The number of amides is 1. The smallest absolute Gasteiger partial charge is 0.407 e. The molecule has 0 radical (unpaired) electrons. The van der Waals surface area contributed by atoms with Crippen LogP contribution in [0.5, 0.6) is 0 Å². The standard InChI is InChI=1S/C16H22N4O2/c1-2-3-4-8-11-17-16(21)22-13-14-12-20(19-18-14)15-9-6-5-7-10-15/h5-7,9-10,12H,2-4,8,11,13H2,1H3,(H,17,21). The van der Waals surface area contributed by atoms with E-state index in [9.17, 15) is 4.79 Å². The van der Waals surface area contributed by atoms with Gasteiger partial charge in [-0.25, -0.2) is 9.48 Å². The molecule has 118 valence electrons. The number of hydrogen-bond acceptors (Lipinski definition) is 4. The molecule has 0 saturated heterocycles. The Morgan fingerprint density at radius 3 is 2.82 bits per heavy atom. The average Bonchev–Trinajstić information content (AvgIpc) is 3.02. The van der Waals surface area contributed by atoms with Crippen LogP contribution in [0.1, 0.15) is 38.3 Å². The highest BCUT2D eigenvalue weighted by Crippen LogP contribution is 2.06. The summed E-state index contributed by atoms with van der Waals surface area (Å²) in [6.45, 7) is 2.92. The summed E-state index contributed by atoms with van der Waals surface area (Å²) in [6, 6.07) is 9.66. The predicted molar refractivity (Wildman–Crippen MR) is 83.7 cm³/mol. The van der Waals surface area contributed by atoms with Crippen molar-refractivity contribution in [3.8, 4) is 5.69 Å². The first kappa shape index (κ1) is 16.0. The Labute approximate surface area is 130 Å². The van der Waals surface area contributed by atoms with Crippen LogP contribution in [-0.4, -0.2) is 27.6 Å². The van der Waals surface area contributed by atoms with Crippen molar-refractivity contribution in [1.82, 2.24) is 20.3 Å². The van der Waals surface area contributed by atoms with Gasteiger partial charge >= 0.3 is 6.09 Å². The molecule has 0 fully saturated rings. The molecule has 0 aliphatic heterocycles. The van der Waals surface area contributed by atoms with Gasteiger partial charge in [0.15, 0.2) is 0 Å². The summed E-state index contributed by atoms with van der Waals surface area (Å²) >= 11 is 0. The molecule has 0 aliphatic carbocycles. The quantitative estimate of drug-likeness (QED) is 0.761. The van der Waals surface area contributed by atoms with Gasteiger partial charge in [0.25, 0.3) is 0 Å². The van der Waals surface area contributed by atoms with Crippen LogP contribution >= 0.6 is 0 Å². The molecule has 6 nitrogen and oxygen atoms in total. The van der Waals surface area contributed by atoms with E-state index in [-0.39, 0.29) is 6.61 Å². The molecular formula is C16H22N4O2. The number of benzene rings is 1. The molecule has 0 atom stereocenters. The number of alkyl carbamates (subject to hydrolysis) is 1. The summed E-state index contributed by atoms with van der Waals surface area (Å²) in [7, 11) is 0. The lowest BCUT2D eigenvalue weighted by Gasteiger charge is -2.05. The Morgan fingerprint density at radius 1 is 1.23 bits per heavy atom. The number of nitrogens with zero attached hydrogens (tertiary/aromatic N) is 3. The Morgan fingerprint density at radius 2 is 2.05 bits per heavy atom. The van der Waals surface area contributed by atoms with E-state index in [0.29, 0.717) is 12.2 Å². The monoisotopic (exact) mass is 302 g/mol. The van der Waals surface area contributed by atoms with Crippen LogP contribution in [0.4, 0.5) is 4.79 Å². The minimum Gasteiger partial charge on any atom is -0.443 e. The molecule has 1 heterocycles. The third-order valence-electron chi connectivity index (χ3n) is 3.21.